The Balaban J connectivity index is 1.66. The van der Waals surface area contributed by atoms with E-state index < -0.39 is 0 Å². The van der Waals surface area contributed by atoms with Crippen molar-refractivity contribution in [2.24, 2.45) is 0 Å². The third-order valence-corrected chi connectivity index (χ3v) is 5.19. The lowest BCUT2D eigenvalue weighted by atomic mass is 10.2. The van der Waals surface area contributed by atoms with Crippen LogP contribution < -0.4 is 14.8 Å². The van der Waals surface area contributed by atoms with Crippen LogP contribution in [0.3, 0.4) is 0 Å². The van der Waals surface area contributed by atoms with Crippen molar-refractivity contribution in [1.29, 1.82) is 0 Å². The lowest BCUT2D eigenvalue weighted by Gasteiger charge is -2.19. The molecule has 1 aliphatic heterocycles. The summed E-state index contributed by atoms with van der Waals surface area (Å²) in [5.74, 6) is 3.11. The van der Waals surface area contributed by atoms with Crippen molar-refractivity contribution in [3.05, 3.63) is 52.5 Å². The third kappa shape index (κ3) is 2.80. The maximum atomic E-state index is 5.71. The molecule has 4 heterocycles. The van der Waals surface area contributed by atoms with Gasteiger partial charge in [-0.05, 0) is 43.5 Å². The van der Waals surface area contributed by atoms with Crippen LogP contribution in [-0.2, 0) is 0 Å². The van der Waals surface area contributed by atoms with Gasteiger partial charge in [0.15, 0.2) is 11.5 Å². The number of nitrogens with one attached hydrogen (secondary N) is 1. The summed E-state index contributed by atoms with van der Waals surface area (Å²) in [6.07, 6.45) is 0. The zero-order valence-electron chi connectivity index (χ0n) is 15.0. The van der Waals surface area contributed by atoms with Crippen LogP contribution in [0.15, 0.2) is 41.1 Å². The predicted octanol–water partition coefficient (Wildman–Crippen LogP) is 4.59. The minimum Gasteiger partial charge on any atom is -0.486 e. The van der Waals surface area contributed by atoms with E-state index >= 15 is 0 Å². The molecule has 3 aromatic heterocycles. The van der Waals surface area contributed by atoms with E-state index in [2.05, 4.69) is 44.5 Å². The van der Waals surface area contributed by atoms with E-state index in [9.17, 15) is 0 Å². The fourth-order valence-corrected chi connectivity index (χ4v) is 3.99. The molecule has 136 valence electrons. The van der Waals surface area contributed by atoms with Crippen LogP contribution in [0.1, 0.15) is 11.4 Å². The summed E-state index contributed by atoms with van der Waals surface area (Å²) in [6.45, 7) is 5.20. The average Bonchev–Trinajstić information content (AvgIpc) is 3.29. The quantitative estimate of drug-likeness (QED) is 0.565. The van der Waals surface area contributed by atoms with E-state index in [4.69, 9.17) is 14.5 Å². The van der Waals surface area contributed by atoms with Gasteiger partial charge in [0.2, 0.25) is 5.78 Å². The first-order chi connectivity index (χ1) is 13.2. The Morgan fingerprint density at radius 3 is 2.70 bits per heavy atom. The number of rotatable bonds is 3. The molecule has 1 N–H and O–H groups in total. The summed E-state index contributed by atoms with van der Waals surface area (Å²) in [7, 11) is 0. The number of thiophene rings is 1. The SMILES string of the molecule is Cc1cc(C)n2c(Nc3ccc4c(c3)OCCO4)c(-c3ccsc3)nc2n1. The number of benzene rings is 1. The van der Waals surface area contributed by atoms with Crippen molar-refractivity contribution in [2.75, 3.05) is 18.5 Å². The molecule has 0 fully saturated rings. The summed E-state index contributed by atoms with van der Waals surface area (Å²) in [5.41, 5.74) is 4.90. The van der Waals surface area contributed by atoms with Gasteiger partial charge in [0.25, 0.3) is 0 Å². The van der Waals surface area contributed by atoms with Crippen LogP contribution in [-0.4, -0.2) is 27.6 Å². The van der Waals surface area contributed by atoms with Crippen LogP contribution in [0.4, 0.5) is 11.5 Å². The van der Waals surface area contributed by atoms with E-state index in [1.807, 2.05) is 25.1 Å². The molecule has 0 saturated carbocycles. The highest BCUT2D eigenvalue weighted by Crippen LogP contribution is 2.36. The lowest BCUT2D eigenvalue weighted by molar-refractivity contribution is 0.171. The van der Waals surface area contributed by atoms with Crippen molar-refractivity contribution in [3.63, 3.8) is 0 Å². The van der Waals surface area contributed by atoms with Gasteiger partial charge in [-0.1, -0.05) is 0 Å². The van der Waals surface area contributed by atoms with Crippen molar-refractivity contribution in [2.45, 2.75) is 13.8 Å². The van der Waals surface area contributed by atoms with Crippen LogP contribution >= 0.6 is 11.3 Å². The number of fused-ring (bicyclic) bond motifs is 2. The maximum Gasteiger partial charge on any atom is 0.236 e. The monoisotopic (exact) mass is 378 g/mol. The Kier molecular flexibility index (Phi) is 3.75. The molecule has 1 aliphatic rings. The minimum absolute atomic E-state index is 0.564. The highest BCUT2D eigenvalue weighted by molar-refractivity contribution is 7.08. The van der Waals surface area contributed by atoms with Crippen LogP contribution in [0.2, 0.25) is 0 Å². The van der Waals surface area contributed by atoms with Gasteiger partial charge in [-0.3, -0.25) is 4.40 Å². The Hall–Kier alpha value is -3.06. The molecule has 4 aromatic rings. The predicted molar refractivity (Wildman–Crippen MR) is 106 cm³/mol. The van der Waals surface area contributed by atoms with Gasteiger partial charge in [0, 0.05) is 34.1 Å². The summed E-state index contributed by atoms with van der Waals surface area (Å²) < 4.78 is 13.4. The zero-order chi connectivity index (χ0) is 18.4. The highest BCUT2D eigenvalue weighted by Gasteiger charge is 2.19. The van der Waals surface area contributed by atoms with Gasteiger partial charge in [-0.2, -0.15) is 11.3 Å². The molecule has 27 heavy (non-hydrogen) atoms. The smallest absolute Gasteiger partial charge is 0.236 e. The molecule has 1 aromatic carbocycles. The number of aromatic nitrogens is 3. The van der Waals surface area contributed by atoms with Crippen molar-refractivity contribution < 1.29 is 9.47 Å². The van der Waals surface area contributed by atoms with Crippen molar-refractivity contribution >= 4 is 28.6 Å². The molecule has 0 saturated heterocycles. The maximum absolute atomic E-state index is 5.71. The van der Waals surface area contributed by atoms with Gasteiger partial charge in [0.1, 0.15) is 24.7 Å². The first kappa shape index (κ1) is 16.1. The fourth-order valence-electron chi connectivity index (χ4n) is 3.35. The fraction of sp³-hybridized carbons (Fsp3) is 0.200. The second-order valence-corrected chi connectivity index (χ2v) is 7.26. The molecule has 0 unspecified atom stereocenters. The number of anilines is 2. The Morgan fingerprint density at radius 1 is 1.04 bits per heavy atom. The second kappa shape index (κ2) is 6.28. The van der Waals surface area contributed by atoms with Gasteiger partial charge < -0.3 is 14.8 Å². The highest BCUT2D eigenvalue weighted by atomic mass is 32.1. The zero-order valence-corrected chi connectivity index (χ0v) is 15.8. The van der Waals surface area contributed by atoms with E-state index in [0.717, 1.165) is 45.6 Å². The van der Waals surface area contributed by atoms with Crippen LogP contribution in [0, 0.1) is 13.8 Å². The molecular formula is C20H18N4O2S. The first-order valence-electron chi connectivity index (χ1n) is 8.75. The normalized spacial score (nSPS) is 13.1. The summed E-state index contributed by atoms with van der Waals surface area (Å²) >= 11 is 1.65. The van der Waals surface area contributed by atoms with E-state index in [0.29, 0.717) is 19.0 Å². The van der Waals surface area contributed by atoms with Gasteiger partial charge in [-0.25, -0.2) is 9.97 Å². The summed E-state index contributed by atoms with van der Waals surface area (Å²) in [6, 6.07) is 10.0. The van der Waals surface area contributed by atoms with Gasteiger partial charge in [0.05, 0.1) is 0 Å². The lowest BCUT2D eigenvalue weighted by Crippen LogP contribution is -2.15. The van der Waals surface area contributed by atoms with Crippen molar-refractivity contribution in [3.8, 4) is 22.8 Å². The molecule has 0 amide bonds. The number of aryl methyl sites for hydroxylation is 2. The Labute approximate surface area is 160 Å². The van der Waals surface area contributed by atoms with Crippen molar-refractivity contribution in [1.82, 2.24) is 14.4 Å². The van der Waals surface area contributed by atoms with E-state index in [1.54, 1.807) is 11.3 Å². The van der Waals surface area contributed by atoms with Gasteiger partial charge in [-0.15, -0.1) is 0 Å². The number of hydrogen-bond donors (Lipinski definition) is 1. The minimum atomic E-state index is 0.564. The Morgan fingerprint density at radius 2 is 1.89 bits per heavy atom. The third-order valence-electron chi connectivity index (χ3n) is 4.51. The molecule has 0 radical (unpaired) electrons. The first-order valence-corrected chi connectivity index (χ1v) is 9.69. The number of ether oxygens (including phenoxy) is 2. The summed E-state index contributed by atoms with van der Waals surface area (Å²) in [5, 5.41) is 7.67. The number of imidazole rings is 1. The van der Waals surface area contributed by atoms with Crippen LogP contribution in [0.5, 0.6) is 11.5 Å². The topological polar surface area (TPSA) is 60.7 Å². The molecule has 5 rings (SSSR count). The molecule has 0 atom stereocenters. The van der Waals surface area contributed by atoms with E-state index in [-0.39, 0.29) is 0 Å². The Bertz CT molecular complexity index is 1130. The second-order valence-electron chi connectivity index (χ2n) is 6.48. The average molecular weight is 378 g/mol. The number of nitrogens with zero attached hydrogens (tertiary/aromatic N) is 3. The summed E-state index contributed by atoms with van der Waals surface area (Å²) in [4.78, 5) is 9.41. The standard InChI is InChI=1S/C20H18N4O2S/c1-12-9-13(2)24-19(18(23-20(24)21-12)14-5-8-27-11-14)22-15-3-4-16-17(10-15)26-7-6-25-16/h3-5,8-11,22H,6-7H2,1-2H3. The largest absolute Gasteiger partial charge is 0.486 e. The van der Waals surface area contributed by atoms with Gasteiger partial charge >= 0.3 is 0 Å². The molecule has 6 nitrogen and oxygen atoms in total. The molecule has 0 aliphatic carbocycles. The molecule has 0 spiro atoms. The molecule has 0 bridgehead atoms. The van der Waals surface area contributed by atoms with Crippen LogP contribution in [0.25, 0.3) is 17.0 Å². The number of hydrogen-bond acceptors (Lipinski definition) is 6. The van der Waals surface area contributed by atoms with E-state index in [1.165, 1.54) is 0 Å². The molecule has 7 heteroatoms. The molecular weight excluding hydrogens is 360 g/mol.